The molecule has 0 aliphatic carbocycles. The molecule has 6 nitrogen and oxygen atoms in total. The minimum atomic E-state index is -0.477. The Morgan fingerprint density at radius 2 is 2.04 bits per heavy atom. The fourth-order valence-electron chi connectivity index (χ4n) is 2.37. The Morgan fingerprint density at radius 1 is 1.25 bits per heavy atom. The molecule has 0 saturated heterocycles. The lowest BCUT2D eigenvalue weighted by Crippen LogP contribution is -2.24. The maximum absolute atomic E-state index is 12.1. The molecular formula is C18H20N2O4. The highest BCUT2D eigenvalue weighted by Crippen LogP contribution is 2.19. The predicted molar refractivity (Wildman–Crippen MR) is 91.5 cm³/mol. The molecule has 0 aliphatic rings. The number of nitro benzene ring substituents is 1. The minimum Gasteiger partial charge on any atom is -0.497 e. The number of methoxy groups -OCH3 is 1. The summed E-state index contributed by atoms with van der Waals surface area (Å²) in [5, 5.41) is 13.7. The van der Waals surface area contributed by atoms with Gasteiger partial charge in [0.1, 0.15) is 5.75 Å². The van der Waals surface area contributed by atoms with E-state index in [1.54, 1.807) is 26.2 Å². The third kappa shape index (κ3) is 4.55. The lowest BCUT2D eigenvalue weighted by atomic mass is 10.1. The number of benzene rings is 2. The first kappa shape index (κ1) is 17.5. The van der Waals surface area contributed by atoms with Gasteiger partial charge in [-0.15, -0.1) is 0 Å². The van der Waals surface area contributed by atoms with Gasteiger partial charge >= 0.3 is 0 Å². The number of nitro groups is 1. The number of nitrogens with zero attached hydrogens (tertiary/aromatic N) is 1. The van der Waals surface area contributed by atoms with Crippen LogP contribution in [0.2, 0.25) is 0 Å². The van der Waals surface area contributed by atoms with Crippen LogP contribution in [0.5, 0.6) is 5.75 Å². The van der Waals surface area contributed by atoms with Crippen molar-refractivity contribution in [3.8, 4) is 5.75 Å². The second-order valence-electron chi connectivity index (χ2n) is 5.47. The Labute approximate surface area is 140 Å². The van der Waals surface area contributed by atoms with Crippen LogP contribution >= 0.6 is 0 Å². The van der Waals surface area contributed by atoms with E-state index in [1.807, 2.05) is 24.3 Å². The van der Waals surface area contributed by atoms with Gasteiger partial charge in [-0.05, 0) is 43.5 Å². The van der Waals surface area contributed by atoms with Gasteiger partial charge in [0.25, 0.3) is 11.6 Å². The molecule has 24 heavy (non-hydrogen) atoms. The van der Waals surface area contributed by atoms with Crippen LogP contribution in [0, 0.1) is 17.0 Å². The number of hydrogen-bond acceptors (Lipinski definition) is 4. The minimum absolute atomic E-state index is 0.0426. The fourth-order valence-corrected chi connectivity index (χ4v) is 2.37. The summed E-state index contributed by atoms with van der Waals surface area (Å²) in [6.45, 7) is 2.14. The van der Waals surface area contributed by atoms with Gasteiger partial charge in [-0.2, -0.15) is 0 Å². The molecule has 0 spiro atoms. The van der Waals surface area contributed by atoms with Crippen LogP contribution in [0.1, 0.15) is 27.9 Å². The largest absolute Gasteiger partial charge is 0.497 e. The zero-order valence-electron chi connectivity index (χ0n) is 13.7. The summed E-state index contributed by atoms with van der Waals surface area (Å²) < 4.78 is 5.17. The maximum atomic E-state index is 12.1. The molecule has 2 rings (SSSR count). The lowest BCUT2D eigenvalue weighted by molar-refractivity contribution is -0.385. The highest BCUT2D eigenvalue weighted by molar-refractivity contribution is 5.94. The Bertz CT molecular complexity index is 744. The van der Waals surface area contributed by atoms with E-state index in [1.165, 1.54) is 6.07 Å². The molecule has 2 aromatic rings. The van der Waals surface area contributed by atoms with Crippen LogP contribution in [-0.4, -0.2) is 24.5 Å². The Kier molecular flexibility index (Phi) is 5.89. The monoisotopic (exact) mass is 328 g/mol. The molecule has 0 atom stereocenters. The van der Waals surface area contributed by atoms with Crippen molar-refractivity contribution in [1.82, 2.24) is 5.32 Å². The van der Waals surface area contributed by atoms with Crippen molar-refractivity contribution < 1.29 is 14.5 Å². The lowest BCUT2D eigenvalue weighted by Gasteiger charge is -2.07. The fraction of sp³-hybridized carbons (Fsp3) is 0.278. The van der Waals surface area contributed by atoms with E-state index < -0.39 is 4.92 Å². The Balaban J connectivity index is 1.87. The number of rotatable bonds is 7. The molecule has 0 aromatic heterocycles. The SMILES string of the molecule is COc1cccc(CCCNC(=O)c2ccc(C)c([N+](=O)[O-])c2)c1. The van der Waals surface area contributed by atoms with E-state index in [4.69, 9.17) is 4.74 Å². The predicted octanol–water partition coefficient (Wildman–Crippen LogP) is 3.27. The molecule has 0 radical (unpaired) electrons. The topological polar surface area (TPSA) is 81.5 Å². The molecule has 0 heterocycles. The Morgan fingerprint density at radius 3 is 2.75 bits per heavy atom. The molecule has 1 N–H and O–H groups in total. The zero-order valence-corrected chi connectivity index (χ0v) is 13.7. The van der Waals surface area contributed by atoms with Crippen molar-refractivity contribution in [2.45, 2.75) is 19.8 Å². The van der Waals surface area contributed by atoms with Crippen molar-refractivity contribution in [3.05, 3.63) is 69.3 Å². The van der Waals surface area contributed by atoms with E-state index in [-0.39, 0.29) is 11.6 Å². The van der Waals surface area contributed by atoms with Gasteiger partial charge in [-0.3, -0.25) is 14.9 Å². The number of ether oxygens (including phenoxy) is 1. The van der Waals surface area contributed by atoms with Gasteiger partial charge < -0.3 is 10.1 Å². The van der Waals surface area contributed by atoms with Crippen LogP contribution in [0.15, 0.2) is 42.5 Å². The molecule has 0 saturated carbocycles. The highest BCUT2D eigenvalue weighted by atomic mass is 16.6. The molecular weight excluding hydrogens is 308 g/mol. The molecule has 126 valence electrons. The van der Waals surface area contributed by atoms with Crippen molar-refractivity contribution >= 4 is 11.6 Å². The molecule has 0 fully saturated rings. The molecule has 2 aromatic carbocycles. The van der Waals surface area contributed by atoms with Crippen molar-refractivity contribution in [2.24, 2.45) is 0 Å². The van der Waals surface area contributed by atoms with Gasteiger partial charge in [0.15, 0.2) is 0 Å². The number of amides is 1. The third-order valence-corrected chi connectivity index (χ3v) is 3.73. The van der Waals surface area contributed by atoms with Gasteiger partial charge in [-0.25, -0.2) is 0 Å². The summed E-state index contributed by atoms with van der Waals surface area (Å²) >= 11 is 0. The summed E-state index contributed by atoms with van der Waals surface area (Å²) in [6, 6.07) is 12.3. The summed E-state index contributed by atoms with van der Waals surface area (Å²) in [4.78, 5) is 22.5. The quantitative estimate of drug-likeness (QED) is 0.480. The van der Waals surface area contributed by atoms with Gasteiger partial charge in [0, 0.05) is 23.7 Å². The summed E-state index contributed by atoms with van der Waals surface area (Å²) in [5.74, 6) is 0.507. The number of nitrogens with one attached hydrogen (secondary N) is 1. The smallest absolute Gasteiger partial charge is 0.273 e. The van der Waals surface area contributed by atoms with Crippen LogP contribution in [0.4, 0.5) is 5.69 Å². The van der Waals surface area contributed by atoms with E-state index >= 15 is 0 Å². The Hall–Kier alpha value is -2.89. The first-order chi connectivity index (χ1) is 11.5. The first-order valence-corrected chi connectivity index (χ1v) is 7.67. The summed E-state index contributed by atoms with van der Waals surface area (Å²) in [5.41, 5.74) is 1.93. The number of carbonyl (C=O) groups is 1. The molecule has 0 unspecified atom stereocenters. The summed E-state index contributed by atoms with van der Waals surface area (Å²) in [6.07, 6.45) is 1.58. The van der Waals surface area contributed by atoms with E-state index in [2.05, 4.69) is 5.32 Å². The van der Waals surface area contributed by atoms with Crippen molar-refractivity contribution in [1.29, 1.82) is 0 Å². The second-order valence-corrected chi connectivity index (χ2v) is 5.47. The van der Waals surface area contributed by atoms with E-state index in [0.717, 1.165) is 24.2 Å². The molecule has 0 aliphatic heterocycles. The van der Waals surface area contributed by atoms with Gasteiger partial charge in [0.2, 0.25) is 0 Å². The maximum Gasteiger partial charge on any atom is 0.273 e. The molecule has 1 amide bonds. The summed E-state index contributed by atoms with van der Waals surface area (Å²) in [7, 11) is 1.63. The number of hydrogen-bond donors (Lipinski definition) is 1. The third-order valence-electron chi connectivity index (χ3n) is 3.73. The van der Waals surface area contributed by atoms with Crippen LogP contribution in [-0.2, 0) is 6.42 Å². The standard InChI is InChI=1S/C18H20N2O4/c1-13-8-9-15(12-17(13)20(22)23)18(21)19-10-4-6-14-5-3-7-16(11-14)24-2/h3,5,7-9,11-12H,4,6,10H2,1-2H3,(H,19,21). The first-order valence-electron chi connectivity index (χ1n) is 7.67. The van der Waals surface area contributed by atoms with Crippen LogP contribution in [0.3, 0.4) is 0 Å². The average Bonchev–Trinajstić information content (AvgIpc) is 2.58. The van der Waals surface area contributed by atoms with Gasteiger partial charge in [-0.1, -0.05) is 18.2 Å². The molecule has 6 heteroatoms. The van der Waals surface area contributed by atoms with Crippen molar-refractivity contribution in [2.75, 3.05) is 13.7 Å². The van der Waals surface area contributed by atoms with E-state index in [0.29, 0.717) is 17.7 Å². The van der Waals surface area contributed by atoms with E-state index in [9.17, 15) is 14.9 Å². The van der Waals surface area contributed by atoms with Gasteiger partial charge in [0.05, 0.1) is 12.0 Å². The molecule has 0 bridgehead atoms. The average molecular weight is 328 g/mol. The van der Waals surface area contributed by atoms with Crippen LogP contribution < -0.4 is 10.1 Å². The van der Waals surface area contributed by atoms with Crippen molar-refractivity contribution in [3.63, 3.8) is 0 Å². The number of carbonyl (C=O) groups excluding carboxylic acids is 1. The highest BCUT2D eigenvalue weighted by Gasteiger charge is 2.14. The van der Waals surface area contributed by atoms with Crippen LogP contribution in [0.25, 0.3) is 0 Å². The normalized spacial score (nSPS) is 10.2. The number of aryl methyl sites for hydroxylation is 2. The zero-order chi connectivity index (χ0) is 17.5. The second kappa shape index (κ2) is 8.10.